The van der Waals surface area contributed by atoms with Gasteiger partial charge in [0.15, 0.2) is 0 Å². The fourth-order valence-electron chi connectivity index (χ4n) is 1.35. The van der Waals surface area contributed by atoms with Gasteiger partial charge in [-0.3, -0.25) is 9.69 Å². The highest BCUT2D eigenvalue weighted by Crippen LogP contribution is 2.05. The van der Waals surface area contributed by atoms with E-state index in [4.69, 9.17) is 5.84 Å². The number of amides is 1. The lowest BCUT2D eigenvalue weighted by Gasteiger charge is -2.18. The van der Waals surface area contributed by atoms with Crippen LogP contribution in [0.25, 0.3) is 0 Å². The van der Waals surface area contributed by atoms with Gasteiger partial charge in [-0.15, -0.1) is 0 Å². The molecule has 0 aliphatic heterocycles. The lowest BCUT2D eigenvalue weighted by atomic mass is 10.3. The van der Waals surface area contributed by atoms with Crippen molar-refractivity contribution in [2.24, 2.45) is 5.84 Å². The first-order chi connectivity index (χ1) is 8.02. The van der Waals surface area contributed by atoms with Crippen molar-refractivity contribution < 1.29 is 4.79 Å². The molecular weight excluding hydrogens is 218 g/mol. The van der Waals surface area contributed by atoms with E-state index in [1.807, 2.05) is 24.1 Å². The summed E-state index contributed by atoms with van der Waals surface area (Å²) in [7, 11) is 5.37. The molecule has 94 valence electrons. The molecule has 0 aromatic carbocycles. The number of hydrogen-bond acceptors (Lipinski definition) is 5. The molecule has 0 spiro atoms. The minimum absolute atomic E-state index is 0.0700. The molecule has 1 heterocycles. The zero-order valence-electron chi connectivity index (χ0n) is 10.5. The van der Waals surface area contributed by atoms with E-state index in [-0.39, 0.29) is 5.91 Å². The van der Waals surface area contributed by atoms with E-state index in [0.717, 1.165) is 5.69 Å². The molecule has 0 radical (unpaired) electrons. The van der Waals surface area contributed by atoms with E-state index in [1.54, 1.807) is 25.1 Å². The first-order valence-corrected chi connectivity index (χ1v) is 5.34. The largest absolute Gasteiger partial charge is 0.348 e. The SMILES string of the molecule is CN(CC(=O)N(C)C)Cc1cccc(NN)n1. The molecule has 0 atom stereocenters. The van der Waals surface area contributed by atoms with Crippen molar-refractivity contribution in [3.05, 3.63) is 23.9 Å². The Labute approximate surface area is 101 Å². The molecule has 0 saturated carbocycles. The van der Waals surface area contributed by atoms with Crippen LogP contribution in [0.4, 0.5) is 5.82 Å². The zero-order valence-corrected chi connectivity index (χ0v) is 10.5. The molecule has 6 nitrogen and oxygen atoms in total. The molecule has 1 amide bonds. The van der Waals surface area contributed by atoms with Crippen LogP contribution in [0.3, 0.4) is 0 Å². The third kappa shape index (κ3) is 4.38. The van der Waals surface area contributed by atoms with E-state index < -0.39 is 0 Å². The molecule has 0 saturated heterocycles. The van der Waals surface area contributed by atoms with Crippen molar-refractivity contribution in [2.45, 2.75) is 6.54 Å². The molecule has 0 fully saturated rings. The number of nitrogens with two attached hydrogens (primary N) is 1. The Morgan fingerprint density at radius 1 is 1.41 bits per heavy atom. The average molecular weight is 237 g/mol. The van der Waals surface area contributed by atoms with Gasteiger partial charge in [0, 0.05) is 20.6 Å². The van der Waals surface area contributed by atoms with Crippen molar-refractivity contribution in [1.29, 1.82) is 0 Å². The molecule has 0 aliphatic rings. The number of likely N-dealkylation sites (N-methyl/N-ethyl adjacent to an activating group) is 2. The Morgan fingerprint density at radius 3 is 2.71 bits per heavy atom. The van der Waals surface area contributed by atoms with Gasteiger partial charge in [0.2, 0.25) is 5.91 Å². The number of nitrogens with one attached hydrogen (secondary N) is 1. The van der Waals surface area contributed by atoms with Crippen molar-refractivity contribution in [1.82, 2.24) is 14.8 Å². The van der Waals surface area contributed by atoms with Gasteiger partial charge in [0.1, 0.15) is 5.82 Å². The number of pyridine rings is 1. The van der Waals surface area contributed by atoms with Gasteiger partial charge in [-0.1, -0.05) is 6.07 Å². The predicted molar refractivity (Wildman–Crippen MR) is 67.1 cm³/mol. The Balaban J connectivity index is 2.55. The summed E-state index contributed by atoms with van der Waals surface area (Å²) in [6, 6.07) is 5.56. The molecule has 17 heavy (non-hydrogen) atoms. The smallest absolute Gasteiger partial charge is 0.236 e. The second kappa shape index (κ2) is 6.17. The van der Waals surface area contributed by atoms with Crippen LogP contribution in [-0.2, 0) is 11.3 Å². The third-order valence-electron chi connectivity index (χ3n) is 2.29. The predicted octanol–water partition coefficient (Wildman–Crippen LogP) is -0.113. The van der Waals surface area contributed by atoms with Gasteiger partial charge in [0.25, 0.3) is 0 Å². The Bertz CT molecular complexity index is 380. The summed E-state index contributed by atoms with van der Waals surface area (Å²) in [5.74, 6) is 5.97. The number of nitrogen functional groups attached to an aromatic ring is 1. The summed E-state index contributed by atoms with van der Waals surface area (Å²) < 4.78 is 0. The van der Waals surface area contributed by atoms with Crippen molar-refractivity contribution in [3.63, 3.8) is 0 Å². The van der Waals surface area contributed by atoms with Crippen LogP contribution in [0.2, 0.25) is 0 Å². The maximum Gasteiger partial charge on any atom is 0.236 e. The summed E-state index contributed by atoms with van der Waals surface area (Å²) in [6.07, 6.45) is 0. The van der Waals surface area contributed by atoms with Gasteiger partial charge in [0.05, 0.1) is 12.2 Å². The number of carbonyl (C=O) groups excluding carboxylic acids is 1. The van der Waals surface area contributed by atoms with Crippen molar-refractivity contribution >= 4 is 11.7 Å². The number of aromatic nitrogens is 1. The van der Waals surface area contributed by atoms with E-state index in [0.29, 0.717) is 18.9 Å². The lowest BCUT2D eigenvalue weighted by molar-refractivity contribution is -0.129. The van der Waals surface area contributed by atoms with Gasteiger partial charge in [-0.2, -0.15) is 0 Å². The van der Waals surface area contributed by atoms with Gasteiger partial charge in [-0.25, -0.2) is 10.8 Å². The van der Waals surface area contributed by atoms with E-state index >= 15 is 0 Å². The van der Waals surface area contributed by atoms with Gasteiger partial charge in [-0.05, 0) is 19.2 Å². The number of carbonyl (C=O) groups is 1. The number of anilines is 1. The minimum atomic E-state index is 0.0700. The highest BCUT2D eigenvalue weighted by molar-refractivity contribution is 5.77. The van der Waals surface area contributed by atoms with Gasteiger partial charge < -0.3 is 10.3 Å². The van der Waals surface area contributed by atoms with Crippen molar-refractivity contribution in [2.75, 3.05) is 33.1 Å². The molecule has 6 heteroatoms. The summed E-state index contributed by atoms with van der Waals surface area (Å²) in [4.78, 5) is 19.3. The van der Waals surface area contributed by atoms with Crippen LogP contribution in [0.5, 0.6) is 0 Å². The second-order valence-electron chi connectivity index (χ2n) is 4.12. The first-order valence-electron chi connectivity index (χ1n) is 5.34. The zero-order chi connectivity index (χ0) is 12.8. The number of hydrogen-bond donors (Lipinski definition) is 2. The van der Waals surface area contributed by atoms with Crippen LogP contribution in [0.15, 0.2) is 18.2 Å². The molecule has 0 bridgehead atoms. The van der Waals surface area contributed by atoms with Crippen LogP contribution in [-0.4, -0.2) is 48.4 Å². The van der Waals surface area contributed by atoms with Crippen LogP contribution < -0.4 is 11.3 Å². The summed E-state index contributed by atoms with van der Waals surface area (Å²) in [5, 5.41) is 0. The number of nitrogens with zero attached hydrogens (tertiary/aromatic N) is 3. The van der Waals surface area contributed by atoms with Crippen LogP contribution >= 0.6 is 0 Å². The first kappa shape index (κ1) is 13.4. The maximum atomic E-state index is 11.5. The Hall–Kier alpha value is -1.66. The normalized spacial score (nSPS) is 10.4. The lowest BCUT2D eigenvalue weighted by Crippen LogP contribution is -2.34. The monoisotopic (exact) mass is 237 g/mol. The Kier molecular flexibility index (Phi) is 4.86. The highest BCUT2D eigenvalue weighted by Gasteiger charge is 2.09. The molecular formula is C11H19N5O. The van der Waals surface area contributed by atoms with E-state index in [2.05, 4.69) is 10.4 Å². The van der Waals surface area contributed by atoms with Crippen LogP contribution in [0, 0.1) is 0 Å². The topological polar surface area (TPSA) is 74.5 Å². The molecule has 1 rings (SSSR count). The molecule has 3 N–H and O–H groups in total. The molecule has 0 unspecified atom stereocenters. The average Bonchev–Trinajstić information content (AvgIpc) is 2.28. The Morgan fingerprint density at radius 2 is 2.12 bits per heavy atom. The quantitative estimate of drug-likeness (QED) is 0.552. The summed E-state index contributed by atoms with van der Waals surface area (Å²) in [6.45, 7) is 0.976. The fraction of sp³-hybridized carbons (Fsp3) is 0.455. The van der Waals surface area contributed by atoms with E-state index in [1.165, 1.54) is 0 Å². The highest BCUT2D eigenvalue weighted by atomic mass is 16.2. The molecule has 1 aromatic rings. The summed E-state index contributed by atoms with van der Waals surface area (Å²) in [5.41, 5.74) is 3.36. The molecule has 0 aliphatic carbocycles. The number of hydrazine groups is 1. The van der Waals surface area contributed by atoms with Crippen LogP contribution in [0.1, 0.15) is 5.69 Å². The second-order valence-corrected chi connectivity index (χ2v) is 4.12. The number of rotatable bonds is 5. The van der Waals surface area contributed by atoms with Crippen molar-refractivity contribution in [3.8, 4) is 0 Å². The van der Waals surface area contributed by atoms with E-state index in [9.17, 15) is 4.79 Å². The standard InChI is InChI=1S/C11H19N5O/c1-15(2)11(17)8-16(3)7-9-5-4-6-10(13-9)14-12/h4-6H,7-8,12H2,1-3H3,(H,13,14). The molecule has 1 aromatic heterocycles. The van der Waals surface area contributed by atoms with Gasteiger partial charge >= 0.3 is 0 Å². The summed E-state index contributed by atoms with van der Waals surface area (Å²) >= 11 is 0. The minimum Gasteiger partial charge on any atom is -0.348 e. The maximum absolute atomic E-state index is 11.5. The fourth-order valence-corrected chi connectivity index (χ4v) is 1.35. The third-order valence-corrected chi connectivity index (χ3v) is 2.29.